The first kappa shape index (κ1) is 37.5. The van der Waals surface area contributed by atoms with Gasteiger partial charge >= 0.3 is 12.9 Å². The van der Waals surface area contributed by atoms with Gasteiger partial charge in [0.05, 0.1) is 12.1 Å². The Bertz CT molecular complexity index is 1610. The molecule has 0 bridgehead atoms. The molecule has 0 saturated carbocycles. The molecule has 4 aromatic rings. The van der Waals surface area contributed by atoms with E-state index in [4.69, 9.17) is 0 Å². The van der Waals surface area contributed by atoms with E-state index in [9.17, 15) is 36.7 Å². The van der Waals surface area contributed by atoms with Crippen LogP contribution in [-0.4, -0.2) is 97.4 Å². The Kier molecular flexibility index (Phi) is 13.0. The Balaban J connectivity index is 0.000000260. The minimum absolute atomic E-state index is 0.388. The molecule has 4 rings (SSSR count). The van der Waals surface area contributed by atoms with Crippen molar-refractivity contribution >= 4 is 45.2 Å². The molecular formula is C36H40F4N4O4. The molecule has 0 aromatic heterocycles. The molecule has 256 valence electrons. The predicted octanol–water partition coefficient (Wildman–Crippen LogP) is 6.17. The highest BCUT2D eigenvalue weighted by molar-refractivity contribution is 5.90. The van der Waals surface area contributed by atoms with Gasteiger partial charge in [-0.3, -0.25) is 19.2 Å². The lowest BCUT2D eigenvalue weighted by Crippen LogP contribution is -2.44. The van der Waals surface area contributed by atoms with E-state index < -0.39 is 48.6 Å². The van der Waals surface area contributed by atoms with Gasteiger partial charge in [0.2, 0.25) is 11.8 Å². The van der Waals surface area contributed by atoms with Crippen LogP contribution in [0.1, 0.15) is 37.1 Å². The number of hydrogen-bond donors (Lipinski definition) is 0. The number of rotatable bonds is 10. The second-order valence-electron chi connectivity index (χ2n) is 11.6. The fourth-order valence-corrected chi connectivity index (χ4v) is 5.20. The molecule has 12 heteroatoms. The van der Waals surface area contributed by atoms with Gasteiger partial charge in [-0.2, -0.15) is 17.6 Å². The van der Waals surface area contributed by atoms with Crippen LogP contribution in [0, 0.1) is 0 Å². The average molecular weight is 669 g/mol. The average Bonchev–Trinajstić information content (AvgIpc) is 3.07. The van der Waals surface area contributed by atoms with Crippen LogP contribution in [0.15, 0.2) is 84.9 Å². The van der Waals surface area contributed by atoms with Gasteiger partial charge in [-0.05, 0) is 46.5 Å². The summed E-state index contributed by atoms with van der Waals surface area (Å²) in [6, 6.07) is 24.8. The molecular weight excluding hydrogens is 628 g/mol. The van der Waals surface area contributed by atoms with Crippen LogP contribution in [0.4, 0.5) is 17.6 Å². The summed E-state index contributed by atoms with van der Waals surface area (Å²) in [6.07, 6.45) is -6.31. The summed E-state index contributed by atoms with van der Waals surface area (Å²) >= 11 is 0. The van der Waals surface area contributed by atoms with Crippen molar-refractivity contribution in [1.29, 1.82) is 0 Å². The van der Waals surface area contributed by atoms with Crippen LogP contribution in [0.5, 0.6) is 0 Å². The molecule has 0 aliphatic rings. The highest BCUT2D eigenvalue weighted by Crippen LogP contribution is 2.30. The summed E-state index contributed by atoms with van der Waals surface area (Å²) in [7, 11) is 6.10. The highest BCUT2D eigenvalue weighted by atomic mass is 19.3. The van der Waals surface area contributed by atoms with Crippen LogP contribution < -0.4 is 0 Å². The molecule has 0 heterocycles. The third kappa shape index (κ3) is 9.08. The van der Waals surface area contributed by atoms with Crippen molar-refractivity contribution in [2.24, 2.45) is 0 Å². The molecule has 4 amide bonds. The summed E-state index contributed by atoms with van der Waals surface area (Å²) in [4.78, 5) is 52.3. The van der Waals surface area contributed by atoms with Crippen molar-refractivity contribution in [1.82, 2.24) is 19.6 Å². The van der Waals surface area contributed by atoms with E-state index in [2.05, 4.69) is 0 Å². The lowest BCUT2D eigenvalue weighted by Gasteiger charge is -2.30. The van der Waals surface area contributed by atoms with Crippen LogP contribution in [0.2, 0.25) is 0 Å². The molecule has 0 radical (unpaired) electrons. The fourth-order valence-electron chi connectivity index (χ4n) is 5.20. The third-order valence-electron chi connectivity index (χ3n) is 8.03. The Morgan fingerprint density at radius 3 is 1.15 bits per heavy atom. The van der Waals surface area contributed by atoms with Gasteiger partial charge in [0, 0.05) is 28.2 Å². The van der Waals surface area contributed by atoms with Crippen LogP contribution in [0.25, 0.3) is 21.5 Å². The van der Waals surface area contributed by atoms with Gasteiger partial charge in [0.25, 0.3) is 11.8 Å². The summed E-state index contributed by atoms with van der Waals surface area (Å²) < 4.78 is 52.0. The number of carbonyl (C=O) groups excluding carboxylic acids is 4. The molecule has 0 aliphatic heterocycles. The van der Waals surface area contributed by atoms with Crippen molar-refractivity contribution in [3.63, 3.8) is 0 Å². The molecule has 0 spiro atoms. The number of halogens is 4. The topological polar surface area (TPSA) is 81.2 Å². The molecule has 48 heavy (non-hydrogen) atoms. The molecule has 0 N–H and O–H groups in total. The third-order valence-corrected chi connectivity index (χ3v) is 8.03. The van der Waals surface area contributed by atoms with Gasteiger partial charge in [0.15, 0.2) is 0 Å². The van der Waals surface area contributed by atoms with Gasteiger partial charge < -0.3 is 19.6 Å². The van der Waals surface area contributed by atoms with Crippen molar-refractivity contribution < 1.29 is 36.7 Å². The normalized spacial score (nSPS) is 12.2. The zero-order valence-corrected chi connectivity index (χ0v) is 27.7. The van der Waals surface area contributed by atoms with Gasteiger partial charge in [-0.15, -0.1) is 0 Å². The number of benzene rings is 4. The van der Waals surface area contributed by atoms with E-state index in [0.717, 1.165) is 42.5 Å². The number of amides is 4. The SMILES string of the molecule is C[C@@H](c1cccc2ccccc12)N(CC(=O)N(C)C)C(=O)C(F)F.C[C@@H](c1cccc2ccccc12)N(CC(=O)N(C)C)C(=O)C(F)F. The number of alkyl halides is 4. The maximum atomic E-state index is 13.0. The predicted molar refractivity (Wildman–Crippen MR) is 178 cm³/mol. The van der Waals surface area contributed by atoms with E-state index >= 15 is 0 Å². The van der Waals surface area contributed by atoms with E-state index in [1.165, 1.54) is 38.0 Å². The fraction of sp³-hybridized carbons (Fsp3) is 0.333. The summed E-state index contributed by atoms with van der Waals surface area (Å²) in [5, 5.41) is 3.64. The number of likely N-dealkylation sites (N-methyl/N-ethyl adjacent to an activating group) is 2. The summed E-state index contributed by atoms with van der Waals surface area (Å²) in [5.74, 6) is -3.50. The Morgan fingerprint density at radius 2 is 0.833 bits per heavy atom. The maximum Gasteiger partial charge on any atom is 0.315 e. The zero-order chi connectivity index (χ0) is 35.7. The number of hydrogen-bond acceptors (Lipinski definition) is 4. The number of nitrogens with zero attached hydrogens (tertiary/aromatic N) is 4. The second kappa shape index (κ2) is 16.7. The smallest absolute Gasteiger partial charge is 0.315 e. The van der Waals surface area contributed by atoms with E-state index in [1.807, 2.05) is 72.8 Å². The van der Waals surface area contributed by atoms with Crippen molar-refractivity contribution in [3.05, 3.63) is 96.1 Å². The van der Waals surface area contributed by atoms with Crippen LogP contribution in [0.3, 0.4) is 0 Å². The molecule has 0 unspecified atom stereocenters. The minimum Gasteiger partial charge on any atom is -0.347 e. The van der Waals surface area contributed by atoms with Gasteiger partial charge in [-0.1, -0.05) is 84.9 Å². The lowest BCUT2D eigenvalue weighted by molar-refractivity contribution is -0.149. The molecule has 0 saturated heterocycles. The Morgan fingerprint density at radius 1 is 0.521 bits per heavy atom. The Labute approximate surface area is 277 Å². The van der Waals surface area contributed by atoms with Crippen molar-refractivity contribution in [2.75, 3.05) is 41.3 Å². The number of carbonyl (C=O) groups is 4. The second-order valence-corrected chi connectivity index (χ2v) is 11.6. The summed E-state index contributed by atoms with van der Waals surface area (Å²) in [6.45, 7) is 2.54. The Hall–Kier alpha value is -5.00. The van der Waals surface area contributed by atoms with Gasteiger partial charge in [-0.25, -0.2) is 0 Å². The zero-order valence-electron chi connectivity index (χ0n) is 27.7. The molecule has 0 fully saturated rings. The van der Waals surface area contributed by atoms with E-state index in [0.29, 0.717) is 0 Å². The first-order valence-electron chi connectivity index (χ1n) is 15.2. The molecule has 4 aromatic carbocycles. The van der Waals surface area contributed by atoms with Crippen molar-refractivity contribution in [2.45, 2.75) is 38.8 Å². The monoisotopic (exact) mass is 668 g/mol. The molecule has 0 aliphatic carbocycles. The van der Waals surface area contributed by atoms with Crippen LogP contribution >= 0.6 is 0 Å². The first-order valence-corrected chi connectivity index (χ1v) is 15.2. The van der Waals surface area contributed by atoms with E-state index in [1.54, 1.807) is 26.0 Å². The number of fused-ring (bicyclic) bond motifs is 2. The quantitative estimate of drug-likeness (QED) is 0.190. The molecule has 2 atom stereocenters. The summed E-state index contributed by atoms with van der Waals surface area (Å²) in [5.41, 5.74) is 1.46. The minimum atomic E-state index is -3.16. The van der Waals surface area contributed by atoms with Crippen LogP contribution in [-0.2, 0) is 19.2 Å². The van der Waals surface area contributed by atoms with E-state index in [-0.39, 0.29) is 13.1 Å². The first-order chi connectivity index (χ1) is 22.6. The lowest BCUT2D eigenvalue weighted by atomic mass is 9.98. The molecule has 8 nitrogen and oxygen atoms in total. The standard InChI is InChI=1S/2C18H20F2N2O2/c2*1-12(14-10-6-8-13-7-4-5-9-15(13)14)22(18(24)17(19)20)11-16(23)21(2)3/h2*4-10,12,17H,11H2,1-3H3/t2*12-/m00/s1. The van der Waals surface area contributed by atoms with Crippen molar-refractivity contribution in [3.8, 4) is 0 Å². The highest BCUT2D eigenvalue weighted by Gasteiger charge is 2.32. The largest absolute Gasteiger partial charge is 0.347 e. The van der Waals surface area contributed by atoms with Gasteiger partial charge in [0.1, 0.15) is 13.1 Å². The maximum absolute atomic E-state index is 13.0.